The van der Waals surface area contributed by atoms with Crippen molar-refractivity contribution in [2.24, 2.45) is 0 Å². The van der Waals surface area contributed by atoms with E-state index >= 15 is 0 Å². The van der Waals surface area contributed by atoms with Gasteiger partial charge in [0.1, 0.15) is 13.5 Å². The van der Waals surface area contributed by atoms with Gasteiger partial charge in [0.05, 0.1) is 6.67 Å². The minimum absolute atomic E-state index is 0. The number of aliphatic hydroxyl groups excluding tert-OH is 2. The first-order valence-electron chi connectivity index (χ1n) is 7.32. The van der Waals surface area contributed by atoms with Crippen LogP contribution in [-0.2, 0) is 9.59 Å². The summed E-state index contributed by atoms with van der Waals surface area (Å²) in [5.41, 5.74) is 0. The van der Waals surface area contributed by atoms with Gasteiger partial charge in [0.2, 0.25) is 0 Å². The predicted octanol–water partition coefficient (Wildman–Crippen LogP) is -10.8. The molecule has 2 atom stereocenters. The molecule has 2 heterocycles. The molecular formula is C11H16ClN8NaO8. The summed E-state index contributed by atoms with van der Waals surface area (Å²) in [6, 6.07) is -3.67. The Hall–Kier alpha value is -2.37. The zero-order valence-corrected chi connectivity index (χ0v) is 17.6. The molecule has 0 spiro atoms. The smallest absolute Gasteiger partial charge is 1.00 e. The molecule has 0 aromatic heterocycles. The van der Waals surface area contributed by atoms with Crippen LogP contribution in [0.2, 0.25) is 0 Å². The predicted molar refractivity (Wildman–Crippen MR) is 80.7 cm³/mol. The molecule has 2 saturated heterocycles. The Morgan fingerprint density at radius 2 is 1.17 bits per heavy atom. The van der Waals surface area contributed by atoms with Crippen LogP contribution in [0.4, 0.5) is 19.2 Å². The maximum atomic E-state index is 11.7. The number of urea groups is 4. The van der Waals surface area contributed by atoms with E-state index in [1.54, 1.807) is 0 Å². The van der Waals surface area contributed by atoms with Crippen molar-refractivity contribution in [1.82, 2.24) is 41.7 Å². The Kier molecular flexibility index (Phi) is 10.6. The van der Waals surface area contributed by atoms with Crippen LogP contribution in [0.5, 0.6) is 0 Å². The third-order valence-corrected chi connectivity index (χ3v) is 3.44. The van der Waals surface area contributed by atoms with Crippen molar-refractivity contribution < 1.29 is 80.9 Å². The molecule has 0 bridgehead atoms. The molecule has 2 aliphatic heterocycles. The fraction of sp³-hybridized carbons (Fsp3) is 0.455. The number of carbonyl (C=O) groups is 6. The van der Waals surface area contributed by atoms with Crippen molar-refractivity contribution in [3.05, 3.63) is 0 Å². The zero-order chi connectivity index (χ0) is 20.1. The first-order chi connectivity index (χ1) is 12.8. The molecule has 0 radical (unpaired) electrons. The maximum absolute atomic E-state index is 11.7. The van der Waals surface area contributed by atoms with Gasteiger partial charge in [-0.05, 0) is 0 Å². The summed E-state index contributed by atoms with van der Waals surface area (Å²) in [6.45, 7) is -2.08. The molecule has 16 nitrogen and oxygen atoms in total. The molecule has 2 rings (SSSR count). The number of hydrogen-bond donors (Lipinski definition) is 8. The largest absolute Gasteiger partial charge is 1.00 e. The molecule has 2 unspecified atom stereocenters. The summed E-state index contributed by atoms with van der Waals surface area (Å²) < 4.78 is 0. The summed E-state index contributed by atoms with van der Waals surface area (Å²) in [5, 5.41) is 30.2. The van der Waals surface area contributed by atoms with E-state index in [-0.39, 0.29) is 42.0 Å². The van der Waals surface area contributed by atoms with E-state index in [9.17, 15) is 28.8 Å². The second-order valence-corrected chi connectivity index (χ2v) is 5.09. The molecule has 0 aromatic carbocycles. The topological polar surface area (TPSA) is 222 Å². The fourth-order valence-corrected chi connectivity index (χ4v) is 2.14. The summed E-state index contributed by atoms with van der Waals surface area (Å²) >= 11 is 0. The molecule has 29 heavy (non-hydrogen) atoms. The second-order valence-electron chi connectivity index (χ2n) is 5.09. The van der Waals surface area contributed by atoms with Crippen LogP contribution < -0.4 is 73.9 Å². The minimum Gasteiger partial charge on any atom is -1.00 e. The van der Waals surface area contributed by atoms with Crippen LogP contribution in [0.3, 0.4) is 0 Å². The van der Waals surface area contributed by atoms with Gasteiger partial charge >= 0.3 is 53.7 Å². The van der Waals surface area contributed by atoms with Gasteiger partial charge in [-0.25, -0.2) is 19.2 Å². The first-order valence-corrected chi connectivity index (χ1v) is 7.32. The Labute approximate surface area is 190 Å². The molecule has 0 saturated carbocycles. The number of rotatable bonds is 6. The summed E-state index contributed by atoms with van der Waals surface area (Å²) in [4.78, 5) is 70.2. The third-order valence-electron chi connectivity index (χ3n) is 3.44. The van der Waals surface area contributed by atoms with E-state index < -0.39 is 68.4 Å². The second kappa shape index (κ2) is 11.6. The van der Waals surface area contributed by atoms with E-state index in [0.29, 0.717) is 9.80 Å². The van der Waals surface area contributed by atoms with Crippen LogP contribution in [0.1, 0.15) is 0 Å². The summed E-state index contributed by atoms with van der Waals surface area (Å²) in [5.74, 6) is -1.70. The monoisotopic (exact) mass is 446 g/mol. The number of imide groups is 2. The average Bonchev–Trinajstić information content (AvgIpc) is 3.02. The number of nitrogens with one attached hydrogen (secondary N) is 6. The van der Waals surface area contributed by atoms with Crippen molar-refractivity contribution >= 4 is 35.9 Å². The van der Waals surface area contributed by atoms with Crippen LogP contribution in [-0.4, -0.2) is 88.4 Å². The van der Waals surface area contributed by atoms with Crippen LogP contribution in [0.15, 0.2) is 0 Å². The first kappa shape index (κ1) is 26.6. The summed E-state index contributed by atoms with van der Waals surface area (Å²) in [6.07, 6.45) is -2.86. The molecular weight excluding hydrogens is 431 g/mol. The van der Waals surface area contributed by atoms with Gasteiger partial charge in [0.25, 0.3) is 11.8 Å². The van der Waals surface area contributed by atoms with Gasteiger partial charge in [0.15, 0.2) is 12.3 Å². The Morgan fingerprint density at radius 3 is 1.48 bits per heavy atom. The number of aliphatic hydroxyl groups is 2. The van der Waals surface area contributed by atoms with Crippen LogP contribution in [0.25, 0.3) is 0 Å². The summed E-state index contributed by atoms with van der Waals surface area (Å²) in [7, 11) is 0. The minimum atomic E-state index is -1.43. The number of hydrogen-bond acceptors (Lipinski definition) is 8. The van der Waals surface area contributed by atoms with Gasteiger partial charge in [-0.2, -0.15) is 0 Å². The Morgan fingerprint density at radius 1 is 0.828 bits per heavy atom. The van der Waals surface area contributed by atoms with Gasteiger partial charge in [-0.15, -0.1) is 0 Å². The molecule has 2 fully saturated rings. The van der Waals surface area contributed by atoms with Crippen molar-refractivity contribution in [3.8, 4) is 0 Å². The van der Waals surface area contributed by atoms with Crippen molar-refractivity contribution in [2.45, 2.75) is 12.3 Å². The SMILES string of the molecule is O=C(NCNC(=O)NC1C(=O)NC(=O)N1CO)NC1C(=O)NC(=O)N1CO.[Cl-].[Na+]. The number of carbonyl (C=O) groups excluding carboxylic acids is 6. The van der Waals surface area contributed by atoms with Crippen LogP contribution in [0, 0.1) is 0 Å². The zero-order valence-electron chi connectivity index (χ0n) is 14.9. The van der Waals surface area contributed by atoms with Gasteiger partial charge in [-0.1, -0.05) is 0 Å². The fourth-order valence-electron chi connectivity index (χ4n) is 2.14. The van der Waals surface area contributed by atoms with Crippen molar-refractivity contribution in [3.63, 3.8) is 0 Å². The van der Waals surface area contributed by atoms with E-state index in [0.717, 1.165) is 0 Å². The standard InChI is InChI=1S/C11H16N8O8.ClH.Na/c20-2-18-4(6(22)16-10(18)26)14-8(24)12-1-13-9(25)15-5-7(23)17-11(27)19(5)3-21;;/h4-5,20-21H,1-3H2,(H2,12,14,24)(H2,13,15,25)(H,16,22,26)(H,17,23,27);1H;/q;;+1/p-1. The molecule has 2 aliphatic rings. The third kappa shape index (κ3) is 6.31. The van der Waals surface area contributed by atoms with Gasteiger partial charge < -0.3 is 43.9 Å². The van der Waals surface area contributed by atoms with E-state index in [1.807, 2.05) is 10.6 Å². The molecule has 8 N–H and O–H groups in total. The Bertz CT molecular complexity index is 640. The normalized spacial score (nSPS) is 20.2. The maximum Gasteiger partial charge on any atom is 1.00 e. The average molecular weight is 447 g/mol. The Balaban J connectivity index is 0.00000392. The van der Waals surface area contributed by atoms with E-state index in [4.69, 9.17) is 10.2 Å². The quantitative estimate of drug-likeness (QED) is 0.111. The molecule has 10 amide bonds. The number of nitrogens with zero attached hydrogens (tertiary/aromatic N) is 2. The molecule has 0 aliphatic carbocycles. The number of halogens is 1. The van der Waals surface area contributed by atoms with Gasteiger partial charge in [-0.3, -0.25) is 30.0 Å². The van der Waals surface area contributed by atoms with E-state index in [2.05, 4.69) is 21.3 Å². The van der Waals surface area contributed by atoms with E-state index in [1.165, 1.54) is 0 Å². The molecule has 156 valence electrons. The molecule has 18 heteroatoms. The molecule has 0 aromatic rings. The van der Waals surface area contributed by atoms with Crippen LogP contribution >= 0.6 is 0 Å². The number of amides is 10. The van der Waals surface area contributed by atoms with Crippen molar-refractivity contribution in [1.29, 1.82) is 0 Å². The van der Waals surface area contributed by atoms with Gasteiger partial charge in [0, 0.05) is 0 Å². The van der Waals surface area contributed by atoms with Crippen molar-refractivity contribution in [2.75, 3.05) is 20.1 Å².